The van der Waals surface area contributed by atoms with Gasteiger partial charge in [-0.3, -0.25) is 0 Å². The van der Waals surface area contributed by atoms with Crippen molar-refractivity contribution in [2.24, 2.45) is 0 Å². The summed E-state index contributed by atoms with van der Waals surface area (Å²) in [4.78, 5) is 4.11. The van der Waals surface area contributed by atoms with Gasteiger partial charge in [-0.2, -0.15) is 0 Å². The normalized spacial score (nSPS) is 10.8. The van der Waals surface area contributed by atoms with E-state index in [2.05, 4.69) is 20.9 Å². The predicted octanol–water partition coefficient (Wildman–Crippen LogP) is 3.45. The predicted molar refractivity (Wildman–Crippen MR) is 56.3 cm³/mol. The molecule has 0 N–H and O–H groups in total. The van der Waals surface area contributed by atoms with Crippen LogP contribution in [0.1, 0.15) is 17.2 Å². The molecule has 4 heteroatoms. The summed E-state index contributed by atoms with van der Waals surface area (Å²) in [7, 11) is 0. The second-order valence-corrected chi connectivity index (χ2v) is 3.65. The van der Waals surface area contributed by atoms with Gasteiger partial charge >= 0.3 is 0 Å². The molecule has 0 saturated heterocycles. The van der Waals surface area contributed by atoms with Crippen molar-refractivity contribution < 1.29 is 8.83 Å². The van der Waals surface area contributed by atoms with Crippen LogP contribution in [0.4, 0.5) is 0 Å². The zero-order valence-electron chi connectivity index (χ0n) is 8.00. The molecule has 0 aromatic carbocycles. The second-order valence-electron chi connectivity index (χ2n) is 3.09. The number of oxazole rings is 1. The van der Waals surface area contributed by atoms with Gasteiger partial charge in [-0.05, 0) is 19.9 Å². The van der Waals surface area contributed by atoms with Crippen LogP contribution in [0.15, 0.2) is 21.3 Å². The van der Waals surface area contributed by atoms with Crippen LogP contribution in [0.2, 0.25) is 0 Å². The molecule has 0 aliphatic rings. The molecule has 0 spiro atoms. The van der Waals surface area contributed by atoms with E-state index in [-0.39, 0.29) is 0 Å². The van der Waals surface area contributed by atoms with Crippen molar-refractivity contribution >= 4 is 15.9 Å². The Morgan fingerprint density at radius 1 is 1.43 bits per heavy atom. The molecule has 74 valence electrons. The van der Waals surface area contributed by atoms with Gasteiger partial charge in [-0.1, -0.05) is 15.9 Å². The minimum atomic E-state index is 0.683. The van der Waals surface area contributed by atoms with E-state index >= 15 is 0 Å². The molecule has 2 heterocycles. The Balaban J connectivity index is 2.53. The molecule has 2 aromatic rings. The van der Waals surface area contributed by atoms with Crippen LogP contribution in [-0.4, -0.2) is 4.98 Å². The third kappa shape index (κ3) is 1.50. The first kappa shape index (κ1) is 9.52. The first-order valence-electron chi connectivity index (χ1n) is 4.28. The molecule has 0 atom stereocenters. The Labute approximate surface area is 90.3 Å². The van der Waals surface area contributed by atoms with Gasteiger partial charge in [-0.15, -0.1) is 0 Å². The lowest BCUT2D eigenvalue weighted by molar-refractivity contribution is 0.503. The number of hydrogen-bond donors (Lipinski definition) is 0. The van der Waals surface area contributed by atoms with Crippen LogP contribution in [0, 0.1) is 13.8 Å². The van der Waals surface area contributed by atoms with Crippen LogP contribution in [0.3, 0.4) is 0 Å². The zero-order valence-corrected chi connectivity index (χ0v) is 9.59. The molecule has 2 aromatic heterocycles. The summed E-state index contributed by atoms with van der Waals surface area (Å²) in [6, 6.07) is 1.96. The summed E-state index contributed by atoms with van der Waals surface area (Å²) in [6.45, 7) is 3.84. The van der Waals surface area contributed by atoms with Crippen molar-refractivity contribution in [3.63, 3.8) is 0 Å². The lowest BCUT2D eigenvalue weighted by Gasteiger charge is -1.94. The molecular weight excluding hydrogens is 246 g/mol. The van der Waals surface area contributed by atoms with Crippen LogP contribution in [0.25, 0.3) is 11.3 Å². The topological polar surface area (TPSA) is 39.2 Å². The van der Waals surface area contributed by atoms with Gasteiger partial charge in [-0.25, -0.2) is 4.98 Å². The number of alkyl halides is 1. The number of aromatic nitrogens is 1. The molecule has 0 amide bonds. The number of furan rings is 1. The summed E-state index contributed by atoms with van der Waals surface area (Å²) >= 11 is 3.36. The number of nitrogens with zero attached hydrogens (tertiary/aromatic N) is 1. The minimum Gasteiger partial charge on any atom is -0.466 e. The van der Waals surface area contributed by atoms with Crippen LogP contribution >= 0.6 is 15.9 Å². The van der Waals surface area contributed by atoms with E-state index in [0.29, 0.717) is 5.33 Å². The highest BCUT2D eigenvalue weighted by Crippen LogP contribution is 2.29. The molecule has 0 unspecified atom stereocenters. The van der Waals surface area contributed by atoms with E-state index in [1.807, 2.05) is 19.9 Å². The first-order chi connectivity index (χ1) is 6.72. The fraction of sp³-hybridized carbons (Fsp3) is 0.300. The number of hydrogen-bond acceptors (Lipinski definition) is 3. The summed E-state index contributed by atoms with van der Waals surface area (Å²) in [5.74, 6) is 2.53. The summed E-state index contributed by atoms with van der Waals surface area (Å²) in [5, 5.41) is 0.683. The fourth-order valence-corrected chi connectivity index (χ4v) is 1.84. The number of rotatable bonds is 2. The van der Waals surface area contributed by atoms with Crippen molar-refractivity contribution in [2.45, 2.75) is 19.2 Å². The zero-order chi connectivity index (χ0) is 10.1. The van der Waals surface area contributed by atoms with Gasteiger partial charge in [0.2, 0.25) is 0 Å². The van der Waals surface area contributed by atoms with Gasteiger partial charge in [0.05, 0.1) is 11.3 Å². The average molecular weight is 256 g/mol. The number of halogens is 1. The molecule has 0 fully saturated rings. The first-order valence-corrected chi connectivity index (χ1v) is 5.40. The largest absolute Gasteiger partial charge is 0.466 e. The van der Waals surface area contributed by atoms with Crippen molar-refractivity contribution in [3.05, 3.63) is 29.7 Å². The smallest absolute Gasteiger partial charge is 0.181 e. The Hall–Kier alpha value is -1.03. The Kier molecular flexibility index (Phi) is 2.46. The fourth-order valence-electron chi connectivity index (χ4n) is 1.44. The van der Waals surface area contributed by atoms with Crippen molar-refractivity contribution in [2.75, 3.05) is 0 Å². The van der Waals surface area contributed by atoms with E-state index in [4.69, 9.17) is 8.83 Å². The van der Waals surface area contributed by atoms with Gasteiger partial charge in [0.15, 0.2) is 12.2 Å². The maximum absolute atomic E-state index is 5.43. The highest BCUT2D eigenvalue weighted by Gasteiger charge is 2.15. The van der Waals surface area contributed by atoms with Gasteiger partial charge in [0.25, 0.3) is 0 Å². The van der Waals surface area contributed by atoms with Crippen molar-refractivity contribution in [1.82, 2.24) is 4.98 Å². The van der Waals surface area contributed by atoms with E-state index in [9.17, 15) is 0 Å². The van der Waals surface area contributed by atoms with Gasteiger partial charge < -0.3 is 8.83 Å². The second kappa shape index (κ2) is 3.61. The Morgan fingerprint density at radius 3 is 2.79 bits per heavy atom. The molecule has 0 saturated carbocycles. The van der Waals surface area contributed by atoms with Crippen molar-refractivity contribution in [3.8, 4) is 11.3 Å². The van der Waals surface area contributed by atoms with Crippen molar-refractivity contribution in [1.29, 1.82) is 0 Å². The van der Waals surface area contributed by atoms with Crippen LogP contribution in [-0.2, 0) is 5.33 Å². The lowest BCUT2D eigenvalue weighted by Crippen LogP contribution is -1.82. The highest BCUT2D eigenvalue weighted by atomic mass is 79.9. The quantitative estimate of drug-likeness (QED) is 0.772. The monoisotopic (exact) mass is 255 g/mol. The Bertz CT molecular complexity index is 445. The Morgan fingerprint density at radius 2 is 2.21 bits per heavy atom. The van der Waals surface area contributed by atoms with Crippen LogP contribution < -0.4 is 0 Å². The standard InChI is InChI=1S/C10H10BrNO2/c1-6-3-8(7(2)14-6)10-9(4-11)12-5-13-10/h3,5H,4H2,1-2H3. The summed E-state index contributed by atoms with van der Waals surface area (Å²) < 4.78 is 10.8. The molecule has 0 aliphatic heterocycles. The minimum absolute atomic E-state index is 0.683. The maximum Gasteiger partial charge on any atom is 0.181 e. The maximum atomic E-state index is 5.43. The molecular formula is C10H10BrNO2. The summed E-state index contributed by atoms with van der Waals surface area (Å²) in [5.41, 5.74) is 1.88. The van der Waals surface area contributed by atoms with E-state index < -0.39 is 0 Å². The molecule has 0 bridgehead atoms. The van der Waals surface area contributed by atoms with E-state index in [1.54, 1.807) is 0 Å². The summed E-state index contributed by atoms with van der Waals surface area (Å²) in [6.07, 6.45) is 1.45. The molecule has 0 aliphatic carbocycles. The molecule has 14 heavy (non-hydrogen) atoms. The SMILES string of the molecule is Cc1cc(-c2ocnc2CBr)c(C)o1. The van der Waals surface area contributed by atoms with Gasteiger partial charge in [0, 0.05) is 5.33 Å². The third-order valence-corrected chi connectivity index (χ3v) is 2.58. The lowest BCUT2D eigenvalue weighted by atomic mass is 10.2. The molecule has 0 radical (unpaired) electrons. The average Bonchev–Trinajstić information content (AvgIpc) is 2.71. The third-order valence-electron chi connectivity index (χ3n) is 2.05. The highest BCUT2D eigenvalue weighted by molar-refractivity contribution is 9.08. The molecule has 3 nitrogen and oxygen atoms in total. The van der Waals surface area contributed by atoms with Crippen LogP contribution in [0.5, 0.6) is 0 Å². The number of aryl methyl sites for hydroxylation is 2. The van der Waals surface area contributed by atoms with E-state index in [0.717, 1.165) is 28.5 Å². The van der Waals surface area contributed by atoms with E-state index in [1.165, 1.54) is 6.39 Å². The molecule has 2 rings (SSSR count). The van der Waals surface area contributed by atoms with Gasteiger partial charge in [0.1, 0.15) is 11.5 Å².